The highest BCUT2D eigenvalue weighted by molar-refractivity contribution is 7.89. The molecule has 0 spiro atoms. The third-order valence-electron chi connectivity index (χ3n) is 3.21. The molecule has 2 heterocycles. The van der Waals surface area contributed by atoms with E-state index in [-0.39, 0.29) is 22.6 Å². The number of imidazole rings is 1. The Morgan fingerprint density at radius 3 is 2.60 bits per heavy atom. The smallest absolute Gasteiger partial charge is 0.261 e. The zero-order chi connectivity index (χ0) is 14.8. The lowest BCUT2D eigenvalue weighted by atomic mass is 10.1. The molecule has 7 nitrogen and oxygen atoms in total. The summed E-state index contributed by atoms with van der Waals surface area (Å²) in [5, 5.41) is -0.240. The Hall–Kier alpha value is -1.12. The van der Waals surface area contributed by atoms with Gasteiger partial charge < -0.3 is 9.47 Å². The molecule has 0 unspecified atom stereocenters. The summed E-state index contributed by atoms with van der Waals surface area (Å²) in [6.45, 7) is 1.10. The first kappa shape index (κ1) is 15.3. The number of nitrogens with zero attached hydrogens (tertiary/aromatic N) is 3. The van der Waals surface area contributed by atoms with Crippen LogP contribution in [-0.4, -0.2) is 48.4 Å². The monoisotopic (exact) mass is 320 g/mol. The molecule has 1 N–H and O–H groups in total. The van der Waals surface area contributed by atoms with Crippen LogP contribution in [0.1, 0.15) is 19.3 Å². The topological polar surface area (TPSA) is 84.3 Å². The van der Waals surface area contributed by atoms with E-state index >= 15 is 0 Å². The summed E-state index contributed by atoms with van der Waals surface area (Å²) in [4.78, 5) is 17.3. The number of aromatic nitrogens is 2. The molecule has 0 atom stereocenters. The maximum absolute atomic E-state index is 12.0. The summed E-state index contributed by atoms with van der Waals surface area (Å²) >= 11 is 5.84. The van der Waals surface area contributed by atoms with E-state index in [2.05, 4.69) is 9.71 Å². The number of sulfonamides is 1. The van der Waals surface area contributed by atoms with E-state index in [4.69, 9.17) is 11.6 Å². The molecule has 1 fully saturated rings. The van der Waals surface area contributed by atoms with E-state index in [0.29, 0.717) is 13.1 Å². The van der Waals surface area contributed by atoms with Gasteiger partial charge in [-0.25, -0.2) is 18.1 Å². The zero-order valence-electron chi connectivity index (χ0n) is 11.2. The quantitative estimate of drug-likeness (QED) is 0.868. The van der Waals surface area contributed by atoms with Crippen molar-refractivity contribution in [1.82, 2.24) is 19.2 Å². The van der Waals surface area contributed by atoms with Crippen LogP contribution < -0.4 is 4.72 Å². The van der Waals surface area contributed by atoms with E-state index in [1.54, 1.807) is 11.9 Å². The summed E-state index contributed by atoms with van der Waals surface area (Å²) in [7, 11) is -2.27. The van der Waals surface area contributed by atoms with Gasteiger partial charge in [0.1, 0.15) is 5.15 Å². The van der Waals surface area contributed by atoms with Crippen LogP contribution in [0.15, 0.2) is 11.4 Å². The molecule has 0 bridgehead atoms. The minimum atomic E-state index is -3.87. The van der Waals surface area contributed by atoms with Crippen molar-refractivity contribution in [2.75, 3.05) is 19.6 Å². The van der Waals surface area contributed by atoms with E-state index in [0.717, 1.165) is 19.3 Å². The number of rotatable bonds is 4. The first-order chi connectivity index (χ1) is 9.42. The number of hydrogen-bond acceptors (Lipinski definition) is 4. The van der Waals surface area contributed by atoms with Crippen molar-refractivity contribution in [3.63, 3.8) is 0 Å². The van der Waals surface area contributed by atoms with Gasteiger partial charge in [0.05, 0.1) is 12.9 Å². The molecule has 0 saturated carbocycles. The maximum Gasteiger partial charge on any atom is 0.261 e. The second kappa shape index (κ2) is 6.11. The molecule has 1 aromatic rings. The number of halogens is 1. The summed E-state index contributed by atoms with van der Waals surface area (Å²) in [5.41, 5.74) is 0. The van der Waals surface area contributed by atoms with Gasteiger partial charge in [-0.05, 0) is 19.3 Å². The second-order valence-electron chi connectivity index (χ2n) is 4.72. The fourth-order valence-corrected chi connectivity index (χ4v) is 3.45. The summed E-state index contributed by atoms with van der Waals surface area (Å²) < 4.78 is 27.7. The number of carbonyl (C=O) groups is 1. The lowest BCUT2D eigenvalue weighted by Gasteiger charge is -2.26. The van der Waals surface area contributed by atoms with Gasteiger partial charge in [0.15, 0.2) is 0 Å². The number of carbonyl (C=O) groups excluding carboxylic acids is 1. The molecule has 2 rings (SSSR count). The van der Waals surface area contributed by atoms with Crippen LogP contribution >= 0.6 is 11.6 Å². The number of amides is 1. The van der Waals surface area contributed by atoms with Crippen LogP contribution in [0.25, 0.3) is 0 Å². The van der Waals surface area contributed by atoms with Crippen molar-refractivity contribution in [2.24, 2.45) is 7.05 Å². The Morgan fingerprint density at radius 2 is 2.05 bits per heavy atom. The van der Waals surface area contributed by atoms with Gasteiger partial charge >= 0.3 is 0 Å². The highest BCUT2D eigenvalue weighted by atomic mass is 35.5. The Balaban J connectivity index is 1.99. The van der Waals surface area contributed by atoms with E-state index in [9.17, 15) is 13.2 Å². The summed E-state index contributed by atoms with van der Waals surface area (Å²) in [6.07, 6.45) is 4.34. The average Bonchev–Trinajstić information content (AvgIpc) is 2.78. The molecule has 112 valence electrons. The molecular formula is C11H17ClN4O3S. The molecule has 0 aromatic carbocycles. The van der Waals surface area contributed by atoms with Gasteiger partial charge in [-0.1, -0.05) is 11.6 Å². The van der Waals surface area contributed by atoms with Crippen LogP contribution in [0.4, 0.5) is 0 Å². The van der Waals surface area contributed by atoms with Crippen LogP contribution in [0.3, 0.4) is 0 Å². The van der Waals surface area contributed by atoms with Crippen LogP contribution in [0.2, 0.25) is 5.15 Å². The van der Waals surface area contributed by atoms with Crippen molar-refractivity contribution in [3.8, 4) is 0 Å². The fraction of sp³-hybridized carbons (Fsp3) is 0.636. The second-order valence-corrected chi connectivity index (χ2v) is 6.76. The minimum Gasteiger partial charge on any atom is -0.342 e. The van der Waals surface area contributed by atoms with Gasteiger partial charge in [0.2, 0.25) is 10.9 Å². The molecule has 0 radical (unpaired) electrons. The van der Waals surface area contributed by atoms with E-state index in [1.807, 2.05) is 0 Å². The molecule has 1 aliphatic rings. The molecule has 1 aliphatic heterocycles. The first-order valence-electron chi connectivity index (χ1n) is 6.36. The predicted octanol–water partition coefficient (Wildman–Crippen LogP) is 0.364. The molecule has 1 aromatic heterocycles. The maximum atomic E-state index is 12.0. The predicted molar refractivity (Wildman–Crippen MR) is 73.8 cm³/mol. The lowest BCUT2D eigenvalue weighted by Crippen LogP contribution is -2.42. The van der Waals surface area contributed by atoms with Crippen molar-refractivity contribution < 1.29 is 13.2 Å². The van der Waals surface area contributed by atoms with Crippen molar-refractivity contribution in [1.29, 1.82) is 0 Å². The normalized spacial score (nSPS) is 16.4. The Bertz CT molecular complexity index is 593. The van der Waals surface area contributed by atoms with Gasteiger partial charge in [-0.3, -0.25) is 4.79 Å². The summed E-state index contributed by atoms with van der Waals surface area (Å²) in [5.74, 6) is -0.222. The molecule has 20 heavy (non-hydrogen) atoms. The largest absolute Gasteiger partial charge is 0.342 e. The Morgan fingerprint density at radius 1 is 1.40 bits per heavy atom. The third-order valence-corrected chi connectivity index (χ3v) is 5.10. The molecule has 1 amide bonds. The minimum absolute atomic E-state index is 0.0166. The molecule has 9 heteroatoms. The van der Waals surface area contributed by atoms with Crippen LogP contribution in [0, 0.1) is 0 Å². The van der Waals surface area contributed by atoms with Crippen molar-refractivity contribution >= 4 is 27.5 Å². The number of hydrogen-bond donors (Lipinski definition) is 1. The Kier molecular flexibility index (Phi) is 4.66. The average molecular weight is 321 g/mol. The van der Waals surface area contributed by atoms with Gasteiger partial charge in [0, 0.05) is 20.1 Å². The van der Waals surface area contributed by atoms with Crippen LogP contribution in [0.5, 0.6) is 0 Å². The fourth-order valence-electron chi connectivity index (χ4n) is 2.05. The van der Waals surface area contributed by atoms with E-state index in [1.165, 1.54) is 10.9 Å². The number of nitrogens with one attached hydrogen (secondary N) is 1. The summed E-state index contributed by atoms with van der Waals surface area (Å²) in [6, 6.07) is 0. The molecule has 0 aliphatic carbocycles. The number of likely N-dealkylation sites (tertiary alicyclic amines) is 1. The third kappa shape index (κ3) is 3.31. The van der Waals surface area contributed by atoms with Gasteiger partial charge in [-0.15, -0.1) is 0 Å². The molecular weight excluding hydrogens is 304 g/mol. The van der Waals surface area contributed by atoms with Gasteiger partial charge in [0.25, 0.3) is 10.0 Å². The van der Waals surface area contributed by atoms with Crippen LogP contribution in [-0.2, 0) is 21.9 Å². The SMILES string of the molecule is Cn1cnc(S(=O)(=O)NCC(=O)N2CCCCC2)c1Cl. The highest BCUT2D eigenvalue weighted by Crippen LogP contribution is 2.18. The highest BCUT2D eigenvalue weighted by Gasteiger charge is 2.24. The Labute approximate surface area is 123 Å². The standard InChI is InChI=1S/C11H17ClN4O3S/c1-15-8-13-11(10(15)12)20(18,19)14-7-9(17)16-5-3-2-4-6-16/h8,14H,2-7H2,1H3. The van der Waals surface area contributed by atoms with Crippen molar-refractivity contribution in [3.05, 3.63) is 11.5 Å². The van der Waals surface area contributed by atoms with E-state index < -0.39 is 10.0 Å². The first-order valence-corrected chi connectivity index (χ1v) is 8.22. The number of aryl methyl sites for hydroxylation is 1. The number of piperidine rings is 1. The van der Waals surface area contributed by atoms with Crippen molar-refractivity contribution in [2.45, 2.75) is 24.3 Å². The lowest BCUT2D eigenvalue weighted by molar-refractivity contribution is -0.130. The zero-order valence-corrected chi connectivity index (χ0v) is 12.7. The van der Waals surface area contributed by atoms with Gasteiger partial charge in [-0.2, -0.15) is 0 Å². The molecule has 1 saturated heterocycles.